The normalized spacial score (nSPS) is 14.8. The number of amides is 1. The third kappa shape index (κ3) is 4.11. The summed E-state index contributed by atoms with van der Waals surface area (Å²) >= 11 is 0. The van der Waals surface area contributed by atoms with Crippen LogP contribution in [-0.2, 0) is 4.79 Å². The lowest BCUT2D eigenvalue weighted by Crippen LogP contribution is -2.35. The van der Waals surface area contributed by atoms with E-state index in [9.17, 15) is 4.79 Å². The maximum atomic E-state index is 11.1. The number of aromatic nitrogens is 2. The predicted molar refractivity (Wildman–Crippen MR) is 101 cm³/mol. The highest BCUT2D eigenvalue weighted by Gasteiger charge is 2.23. The van der Waals surface area contributed by atoms with Crippen molar-refractivity contribution in [1.29, 1.82) is 0 Å². The van der Waals surface area contributed by atoms with Crippen molar-refractivity contribution in [3.63, 3.8) is 0 Å². The van der Waals surface area contributed by atoms with Gasteiger partial charge in [0, 0.05) is 13.0 Å². The molecule has 4 rings (SSSR count). The average Bonchev–Trinajstić information content (AvgIpc) is 3.27. The Hall–Kier alpha value is -3.03. The van der Waals surface area contributed by atoms with Crippen LogP contribution in [0.3, 0.4) is 0 Å². The van der Waals surface area contributed by atoms with Crippen molar-refractivity contribution in [2.45, 2.75) is 39.7 Å². The molecule has 0 aliphatic heterocycles. The molecule has 8 heteroatoms. The van der Waals surface area contributed by atoms with E-state index >= 15 is 0 Å². The lowest BCUT2D eigenvalue weighted by Gasteiger charge is -2.12. The summed E-state index contributed by atoms with van der Waals surface area (Å²) in [6, 6.07) is 5.45. The Morgan fingerprint density at radius 3 is 2.93 bits per heavy atom. The first kappa shape index (κ1) is 18.3. The maximum Gasteiger partial charge on any atom is 0.267 e. The van der Waals surface area contributed by atoms with Gasteiger partial charge in [-0.15, -0.1) is 0 Å². The van der Waals surface area contributed by atoms with Crippen LogP contribution < -0.4 is 14.8 Å². The number of carbonyl (C=O) groups is 1. The van der Waals surface area contributed by atoms with Crippen molar-refractivity contribution in [2.75, 3.05) is 13.2 Å². The highest BCUT2D eigenvalue weighted by Crippen LogP contribution is 2.33. The number of hydrogen-bond acceptors (Lipinski definition) is 7. The summed E-state index contributed by atoms with van der Waals surface area (Å²) in [4.78, 5) is 15.5. The minimum Gasteiger partial charge on any atom is -0.493 e. The van der Waals surface area contributed by atoms with E-state index in [0.717, 1.165) is 12.4 Å². The summed E-state index contributed by atoms with van der Waals surface area (Å²) in [6.45, 7) is 6.16. The summed E-state index contributed by atoms with van der Waals surface area (Å²) in [5.41, 5.74) is 2.03. The van der Waals surface area contributed by atoms with E-state index in [1.807, 2.05) is 32.0 Å². The molecule has 1 N–H and O–H groups in total. The van der Waals surface area contributed by atoms with Gasteiger partial charge in [-0.25, -0.2) is 4.98 Å². The van der Waals surface area contributed by atoms with Gasteiger partial charge in [0.1, 0.15) is 17.9 Å². The monoisotopic (exact) mass is 385 g/mol. The lowest BCUT2D eigenvalue weighted by molar-refractivity contribution is -0.119. The molecule has 1 amide bonds. The van der Waals surface area contributed by atoms with Gasteiger partial charge in [-0.1, -0.05) is 0 Å². The molecule has 1 saturated carbocycles. The third-order valence-electron chi connectivity index (χ3n) is 4.54. The van der Waals surface area contributed by atoms with Gasteiger partial charge in [0.05, 0.1) is 18.2 Å². The second-order valence-corrected chi connectivity index (χ2v) is 7.26. The van der Waals surface area contributed by atoms with E-state index in [1.54, 1.807) is 0 Å². The zero-order chi connectivity index (χ0) is 19.7. The Kier molecular flexibility index (Phi) is 4.93. The van der Waals surface area contributed by atoms with Crippen molar-refractivity contribution in [1.82, 2.24) is 15.5 Å². The van der Waals surface area contributed by atoms with Crippen molar-refractivity contribution in [3.05, 3.63) is 23.8 Å². The number of ether oxygens (including phenoxy) is 2. The second kappa shape index (κ2) is 7.53. The molecule has 28 heavy (non-hydrogen) atoms. The molecule has 0 spiro atoms. The number of rotatable bonds is 8. The Morgan fingerprint density at radius 2 is 2.18 bits per heavy atom. The second-order valence-electron chi connectivity index (χ2n) is 7.26. The Balaban J connectivity index is 1.48. The van der Waals surface area contributed by atoms with Crippen LogP contribution in [0.25, 0.3) is 22.8 Å². The average molecular weight is 385 g/mol. The number of hydrogen-bond donors (Lipinski definition) is 1. The molecule has 8 nitrogen and oxygen atoms in total. The van der Waals surface area contributed by atoms with Crippen LogP contribution in [0.15, 0.2) is 27.1 Å². The van der Waals surface area contributed by atoms with Gasteiger partial charge in [0.2, 0.25) is 11.7 Å². The molecule has 1 atom stereocenters. The SMILES string of the molecule is CC(=O)N[C@@H](C)COc1noc(-c2nc3ccc(OCC4CC4)cc3o2)c1C. The molecule has 0 saturated heterocycles. The van der Waals surface area contributed by atoms with E-state index in [-0.39, 0.29) is 18.6 Å². The molecule has 148 valence electrons. The third-order valence-corrected chi connectivity index (χ3v) is 4.54. The molecular formula is C20H23N3O5. The minimum absolute atomic E-state index is 0.111. The Bertz CT molecular complexity index is 989. The van der Waals surface area contributed by atoms with E-state index in [1.165, 1.54) is 19.8 Å². The number of oxazole rings is 1. The van der Waals surface area contributed by atoms with Crippen molar-refractivity contribution in [2.24, 2.45) is 5.92 Å². The predicted octanol–water partition coefficient (Wildman–Crippen LogP) is 3.48. The van der Waals surface area contributed by atoms with E-state index in [0.29, 0.717) is 40.1 Å². The fourth-order valence-corrected chi connectivity index (χ4v) is 2.84. The van der Waals surface area contributed by atoms with Gasteiger partial charge in [0.25, 0.3) is 11.8 Å². The summed E-state index contributed by atoms with van der Waals surface area (Å²) in [7, 11) is 0. The minimum atomic E-state index is -0.143. The Morgan fingerprint density at radius 1 is 1.36 bits per heavy atom. The van der Waals surface area contributed by atoms with Crippen molar-refractivity contribution < 1.29 is 23.2 Å². The molecule has 1 aliphatic carbocycles. The first-order chi connectivity index (χ1) is 13.5. The molecule has 2 aromatic heterocycles. The molecule has 0 bridgehead atoms. The largest absolute Gasteiger partial charge is 0.493 e. The molecule has 1 fully saturated rings. The first-order valence-corrected chi connectivity index (χ1v) is 9.39. The molecule has 0 radical (unpaired) electrons. The number of carbonyl (C=O) groups excluding carboxylic acids is 1. The van der Waals surface area contributed by atoms with Gasteiger partial charge in [-0.05, 0) is 49.9 Å². The summed E-state index contributed by atoms with van der Waals surface area (Å²) in [5, 5.41) is 6.70. The van der Waals surface area contributed by atoms with Gasteiger partial charge in [-0.3, -0.25) is 4.79 Å². The number of benzene rings is 1. The van der Waals surface area contributed by atoms with Gasteiger partial charge in [0.15, 0.2) is 5.58 Å². The topological polar surface area (TPSA) is 99.6 Å². The summed E-state index contributed by atoms with van der Waals surface area (Å²) < 4.78 is 22.7. The van der Waals surface area contributed by atoms with E-state index in [2.05, 4.69) is 15.5 Å². The van der Waals surface area contributed by atoms with Gasteiger partial charge >= 0.3 is 0 Å². The van der Waals surface area contributed by atoms with Gasteiger partial charge < -0.3 is 23.7 Å². The van der Waals surface area contributed by atoms with Crippen LogP contribution >= 0.6 is 0 Å². The van der Waals surface area contributed by atoms with Crippen molar-refractivity contribution in [3.8, 4) is 23.3 Å². The number of nitrogens with zero attached hydrogens (tertiary/aromatic N) is 2. The zero-order valence-electron chi connectivity index (χ0n) is 16.2. The van der Waals surface area contributed by atoms with Gasteiger partial charge in [-0.2, -0.15) is 0 Å². The number of fused-ring (bicyclic) bond motifs is 1. The van der Waals surface area contributed by atoms with E-state index < -0.39 is 0 Å². The molecule has 0 unspecified atom stereocenters. The van der Waals surface area contributed by atoms with E-state index in [4.69, 9.17) is 18.4 Å². The maximum absolute atomic E-state index is 11.1. The lowest BCUT2D eigenvalue weighted by atomic mass is 10.3. The molecule has 3 aromatic rings. The van der Waals surface area contributed by atoms with Crippen LogP contribution in [0, 0.1) is 12.8 Å². The van der Waals surface area contributed by atoms with Crippen LogP contribution in [0.5, 0.6) is 11.6 Å². The number of nitrogens with one attached hydrogen (secondary N) is 1. The highest BCUT2D eigenvalue weighted by atomic mass is 16.5. The Labute approximate surface area is 162 Å². The van der Waals surface area contributed by atoms with Crippen molar-refractivity contribution >= 4 is 17.0 Å². The fraction of sp³-hybridized carbons (Fsp3) is 0.450. The molecule has 1 aliphatic rings. The zero-order valence-corrected chi connectivity index (χ0v) is 16.2. The van der Waals surface area contributed by atoms with Crippen LogP contribution in [-0.4, -0.2) is 35.3 Å². The summed E-state index contributed by atoms with van der Waals surface area (Å²) in [5.74, 6) is 2.45. The first-order valence-electron chi connectivity index (χ1n) is 9.39. The molecular weight excluding hydrogens is 362 g/mol. The molecule has 1 aromatic carbocycles. The van der Waals surface area contributed by atoms with Crippen LogP contribution in [0.1, 0.15) is 32.3 Å². The molecule has 2 heterocycles. The fourth-order valence-electron chi connectivity index (χ4n) is 2.84. The van der Waals surface area contributed by atoms with Crippen LogP contribution in [0.4, 0.5) is 0 Å². The smallest absolute Gasteiger partial charge is 0.267 e. The standard InChI is InChI=1S/C20H23N3O5/c1-11(21-13(3)24)9-26-19-12(2)18(28-23-19)20-22-16-7-6-15(8-17(16)27-20)25-10-14-4-5-14/h6-8,11,14H,4-5,9-10H2,1-3H3,(H,21,24)/t11-/m0/s1. The summed E-state index contributed by atoms with van der Waals surface area (Å²) in [6.07, 6.45) is 2.49. The van der Waals surface area contributed by atoms with Crippen LogP contribution in [0.2, 0.25) is 0 Å². The highest BCUT2D eigenvalue weighted by molar-refractivity contribution is 5.77. The quantitative estimate of drug-likeness (QED) is 0.633.